The van der Waals surface area contributed by atoms with Crippen LogP contribution in [-0.4, -0.2) is 14.5 Å². The van der Waals surface area contributed by atoms with Crippen molar-refractivity contribution in [2.75, 3.05) is 5.73 Å². The van der Waals surface area contributed by atoms with Crippen molar-refractivity contribution in [3.63, 3.8) is 0 Å². The maximum absolute atomic E-state index is 12.3. The van der Waals surface area contributed by atoms with Crippen LogP contribution in [0.15, 0.2) is 45.9 Å². The summed E-state index contributed by atoms with van der Waals surface area (Å²) in [5, 5.41) is 0. The first kappa shape index (κ1) is 14.6. The number of rotatable bonds is 5. The second-order valence-corrected chi connectivity index (χ2v) is 6.54. The monoisotopic (exact) mass is 294 g/mol. The molecule has 0 amide bonds. The molecule has 2 rings (SSSR count). The fraction of sp³-hybridized carbons (Fsp3) is 0.286. The lowest BCUT2D eigenvalue weighted by atomic mass is 10.2. The molecule has 108 valence electrons. The number of nitrogen functional groups attached to an aromatic ring is 1. The Labute approximate surface area is 118 Å². The van der Waals surface area contributed by atoms with Crippen molar-refractivity contribution in [3.8, 4) is 0 Å². The summed E-state index contributed by atoms with van der Waals surface area (Å²) in [6.07, 6.45) is 2.07. The molecule has 3 N–H and O–H groups in total. The number of benzene rings is 1. The van der Waals surface area contributed by atoms with Gasteiger partial charge in [0, 0.05) is 18.2 Å². The first-order valence-electron chi connectivity index (χ1n) is 6.29. The lowest BCUT2D eigenvalue weighted by Crippen LogP contribution is -2.34. The van der Waals surface area contributed by atoms with Gasteiger partial charge in [-0.25, -0.2) is 13.1 Å². The maximum Gasteiger partial charge on any atom is 0.240 e. The molecule has 20 heavy (non-hydrogen) atoms. The van der Waals surface area contributed by atoms with Crippen LogP contribution in [0.4, 0.5) is 5.69 Å². The number of sulfonamides is 1. The van der Waals surface area contributed by atoms with Gasteiger partial charge < -0.3 is 10.2 Å². The first-order chi connectivity index (χ1) is 9.38. The van der Waals surface area contributed by atoms with E-state index in [1.807, 2.05) is 6.07 Å². The molecular weight excluding hydrogens is 276 g/mol. The van der Waals surface area contributed by atoms with Gasteiger partial charge in [-0.05, 0) is 49.7 Å². The normalized spacial score (nSPS) is 13.3. The van der Waals surface area contributed by atoms with Crippen LogP contribution in [0.3, 0.4) is 0 Å². The van der Waals surface area contributed by atoms with Gasteiger partial charge in [0.05, 0.1) is 11.2 Å². The van der Waals surface area contributed by atoms with Crippen molar-refractivity contribution < 1.29 is 12.8 Å². The molecular formula is C14H18N2O3S. The van der Waals surface area contributed by atoms with Crippen molar-refractivity contribution >= 4 is 15.7 Å². The van der Waals surface area contributed by atoms with E-state index >= 15 is 0 Å². The zero-order valence-corrected chi connectivity index (χ0v) is 12.3. The van der Waals surface area contributed by atoms with Crippen molar-refractivity contribution in [2.24, 2.45) is 0 Å². The molecule has 0 spiro atoms. The molecule has 1 unspecified atom stereocenters. The molecule has 0 aliphatic rings. The minimum atomic E-state index is -3.55. The largest absolute Gasteiger partial charge is 0.469 e. The fourth-order valence-electron chi connectivity index (χ4n) is 1.92. The quantitative estimate of drug-likeness (QED) is 0.827. The molecule has 1 atom stereocenters. The van der Waals surface area contributed by atoms with E-state index in [1.165, 1.54) is 6.07 Å². The Bertz CT molecular complexity index is 678. The summed E-state index contributed by atoms with van der Waals surface area (Å²) < 4.78 is 32.3. The second-order valence-electron chi connectivity index (χ2n) is 4.82. The zero-order chi connectivity index (χ0) is 14.8. The molecule has 2 aromatic rings. The van der Waals surface area contributed by atoms with E-state index in [-0.39, 0.29) is 10.9 Å². The topological polar surface area (TPSA) is 85.3 Å². The highest BCUT2D eigenvalue weighted by Crippen LogP contribution is 2.17. The molecule has 1 aromatic heterocycles. The smallest absolute Gasteiger partial charge is 0.240 e. The predicted molar refractivity (Wildman–Crippen MR) is 77.8 cm³/mol. The van der Waals surface area contributed by atoms with Gasteiger partial charge in [0.1, 0.15) is 5.76 Å². The SMILES string of the molecule is Cc1cc(S(=O)(=O)NC(C)Cc2ccco2)ccc1N. The van der Waals surface area contributed by atoms with Crippen molar-refractivity contribution in [1.29, 1.82) is 0 Å². The van der Waals surface area contributed by atoms with Crippen LogP contribution in [0.25, 0.3) is 0 Å². The number of anilines is 1. The molecule has 1 aromatic carbocycles. The van der Waals surface area contributed by atoms with Crippen LogP contribution in [0, 0.1) is 6.92 Å². The Hall–Kier alpha value is -1.79. The number of nitrogens with one attached hydrogen (secondary N) is 1. The molecule has 0 saturated carbocycles. The average Bonchev–Trinajstić information content (AvgIpc) is 2.84. The number of hydrogen-bond acceptors (Lipinski definition) is 4. The molecule has 5 nitrogen and oxygen atoms in total. The van der Waals surface area contributed by atoms with Gasteiger partial charge in [0.2, 0.25) is 10.0 Å². The van der Waals surface area contributed by atoms with E-state index in [4.69, 9.17) is 10.2 Å². The zero-order valence-electron chi connectivity index (χ0n) is 11.5. The van der Waals surface area contributed by atoms with Crippen LogP contribution in [0.2, 0.25) is 0 Å². The summed E-state index contributed by atoms with van der Waals surface area (Å²) >= 11 is 0. The van der Waals surface area contributed by atoms with E-state index in [9.17, 15) is 8.42 Å². The van der Waals surface area contributed by atoms with Crippen molar-refractivity contribution in [1.82, 2.24) is 4.72 Å². The Morgan fingerprint density at radius 1 is 1.35 bits per heavy atom. The summed E-state index contributed by atoms with van der Waals surface area (Å²) in [5.41, 5.74) is 7.01. The van der Waals surface area contributed by atoms with Crippen LogP contribution in [0.5, 0.6) is 0 Å². The van der Waals surface area contributed by atoms with Gasteiger partial charge in [-0.2, -0.15) is 0 Å². The summed E-state index contributed by atoms with van der Waals surface area (Å²) in [6, 6.07) is 8.00. The van der Waals surface area contributed by atoms with Crippen molar-refractivity contribution in [2.45, 2.75) is 31.2 Å². The number of nitrogens with two attached hydrogens (primary N) is 1. The number of furan rings is 1. The Balaban J connectivity index is 2.12. The van der Waals surface area contributed by atoms with E-state index in [0.717, 1.165) is 11.3 Å². The fourth-order valence-corrected chi connectivity index (χ4v) is 3.25. The molecule has 0 radical (unpaired) electrons. The minimum Gasteiger partial charge on any atom is -0.469 e. The lowest BCUT2D eigenvalue weighted by molar-refractivity contribution is 0.479. The summed E-state index contributed by atoms with van der Waals surface area (Å²) in [7, 11) is -3.55. The van der Waals surface area contributed by atoms with Crippen molar-refractivity contribution in [3.05, 3.63) is 47.9 Å². The highest BCUT2D eigenvalue weighted by molar-refractivity contribution is 7.89. The Morgan fingerprint density at radius 2 is 2.10 bits per heavy atom. The molecule has 1 heterocycles. The lowest BCUT2D eigenvalue weighted by Gasteiger charge is -2.13. The first-order valence-corrected chi connectivity index (χ1v) is 7.77. The summed E-state index contributed by atoms with van der Waals surface area (Å²) in [5.74, 6) is 0.744. The third kappa shape index (κ3) is 3.40. The standard InChI is InChI=1S/C14H18N2O3S/c1-10-8-13(5-6-14(10)15)20(17,18)16-11(2)9-12-4-3-7-19-12/h3-8,11,16H,9,15H2,1-2H3. The Kier molecular flexibility index (Phi) is 4.15. The van der Waals surface area contributed by atoms with Crippen LogP contribution < -0.4 is 10.5 Å². The molecule has 0 aliphatic heterocycles. The molecule has 0 fully saturated rings. The van der Waals surface area contributed by atoms with Gasteiger partial charge in [0.25, 0.3) is 0 Å². The number of hydrogen-bond donors (Lipinski definition) is 2. The average molecular weight is 294 g/mol. The third-order valence-corrected chi connectivity index (χ3v) is 4.58. The predicted octanol–water partition coefficient (Wildman–Crippen LogP) is 2.08. The number of aryl methyl sites for hydroxylation is 1. The van der Waals surface area contributed by atoms with Gasteiger partial charge >= 0.3 is 0 Å². The van der Waals surface area contributed by atoms with E-state index in [2.05, 4.69) is 4.72 Å². The van der Waals surface area contributed by atoms with Gasteiger partial charge in [-0.1, -0.05) is 0 Å². The van der Waals surface area contributed by atoms with Crippen LogP contribution in [-0.2, 0) is 16.4 Å². The Morgan fingerprint density at radius 3 is 2.70 bits per heavy atom. The van der Waals surface area contributed by atoms with E-state index in [1.54, 1.807) is 38.3 Å². The maximum atomic E-state index is 12.3. The van der Waals surface area contributed by atoms with Crippen LogP contribution in [0.1, 0.15) is 18.2 Å². The molecule has 6 heteroatoms. The summed E-state index contributed by atoms with van der Waals surface area (Å²) in [4.78, 5) is 0.218. The van der Waals surface area contributed by atoms with Crippen LogP contribution >= 0.6 is 0 Å². The highest BCUT2D eigenvalue weighted by atomic mass is 32.2. The molecule has 0 aliphatic carbocycles. The second kappa shape index (κ2) is 5.68. The third-order valence-electron chi connectivity index (χ3n) is 3.00. The van der Waals surface area contributed by atoms with Gasteiger partial charge in [-0.3, -0.25) is 0 Å². The van der Waals surface area contributed by atoms with Gasteiger partial charge in [0.15, 0.2) is 0 Å². The summed E-state index contributed by atoms with van der Waals surface area (Å²) in [6.45, 7) is 3.57. The molecule has 0 bridgehead atoms. The minimum absolute atomic E-state index is 0.218. The van der Waals surface area contributed by atoms with E-state index < -0.39 is 10.0 Å². The molecule has 0 saturated heterocycles. The highest BCUT2D eigenvalue weighted by Gasteiger charge is 2.18. The van der Waals surface area contributed by atoms with Gasteiger partial charge in [-0.15, -0.1) is 0 Å². The van der Waals surface area contributed by atoms with E-state index in [0.29, 0.717) is 12.1 Å².